The number of aromatic nitrogens is 1. The first kappa shape index (κ1) is 12.3. The summed E-state index contributed by atoms with van der Waals surface area (Å²) in [6.45, 7) is 2.69. The van der Waals surface area contributed by atoms with E-state index in [2.05, 4.69) is 10.3 Å². The van der Waals surface area contributed by atoms with Gasteiger partial charge in [-0.2, -0.15) is 0 Å². The lowest BCUT2D eigenvalue weighted by Crippen LogP contribution is -2.22. The van der Waals surface area contributed by atoms with Crippen LogP contribution in [0, 0.1) is 6.92 Å². The zero-order chi connectivity index (χ0) is 13.0. The summed E-state index contributed by atoms with van der Waals surface area (Å²) in [4.78, 5) is 15.8. The second kappa shape index (κ2) is 5.46. The number of nitrogens with one attached hydrogen (secondary N) is 1. The van der Waals surface area contributed by atoms with Gasteiger partial charge in [0.1, 0.15) is 5.76 Å². The summed E-state index contributed by atoms with van der Waals surface area (Å²) in [7, 11) is 0. The minimum atomic E-state index is -0.252. The van der Waals surface area contributed by atoms with E-state index in [1.807, 2.05) is 13.0 Å². The smallest absolute Gasteiger partial charge is 0.287 e. The molecule has 0 saturated heterocycles. The highest BCUT2D eigenvalue weighted by atomic mass is 16.4. The number of pyridine rings is 1. The van der Waals surface area contributed by atoms with E-state index in [4.69, 9.17) is 10.2 Å². The number of nitrogens with zero attached hydrogens (tertiary/aromatic N) is 1. The molecule has 0 aliphatic carbocycles. The third kappa shape index (κ3) is 2.75. The monoisotopic (exact) mass is 245 g/mol. The van der Waals surface area contributed by atoms with Gasteiger partial charge in [0.25, 0.3) is 5.91 Å². The van der Waals surface area contributed by atoms with E-state index in [1.165, 1.54) is 0 Å². The average molecular weight is 245 g/mol. The van der Waals surface area contributed by atoms with Gasteiger partial charge in [-0.15, -0.1) is 0 Å². The molecule has 2 rings (SSSR count). The molecule has 0 spiro atoms. The van der Waals surface area contributed by atoms with E-state index in [-0.39, 0.29) is 18.2 Å². The Kier molecular flexibility index (Phi) is 3.74. The zero-order valence-electron chi connectivity index (χ0n) is 10.1. The third-order valence-electron chi connectivity index (χ3n) is 2.67. The lowest BCUT2D eigenvalue weighted by Gasteiger charge is -2.05. The van der Waals surface area contributed by atoms with Crippen LogP contribution in [0.25, 0.3) is 0 Å². The van der Waals surface area contributed by atoms with Crippen LogP contribution >= 0.6 is 0 Å². The van der Waals surface area contributed by atoms with Crippen molar-refractivity contribution in [3.05, 3.63) is 53.2 Å². The number of carbonyl (C=O) groups excluding carboxylic acids is 1. The van der Waals surface area contributed by atoms with Gasteiger partial charge in [0, 0.05) is 18.9 Å². The van der Waals surface area contributed by atoms with E-state index in [0.717, 1.165) is 11.1 Å². The number of carbonyl (C=O) groups is 1. The number of nitrogens with two attached hydrogens (primary N) is 1. The van der Waals surface area contributed by atoms with Crippen molar-refractivity contribution in [1.29, 1.82) is 0 Å². The summed E-state index contributed by atoms with van der Waals surface area (Å²) in [6.07, 6.45) is 3.46. The Hall–Kier alpha value is -2.14. The predicted octanol–water partition coefficient (Wildman–Crippen LogP) is 1.37. The van der Waals surface area contributed by atoms with Gasteiger partial charge in [0.2, 0.25) is 0 Å². The van der Waals surface area contributed by atoms with Crippen molar-refractivity contribution in [2.75, 3.05) is 0 Å². The fraction of sp³-hybridized carbons (Fsp3) is 0.231. The molecule has 94 valence electrons. The Labute approximate surface area is 105 Å². The van der Waals surface area contributed by atoms with Crippen molar-refractivity contribution in [3.8, 4) is 0 Å². The number of amides is 1. The molecule has 1 amide bonds. The molecule has 5 heteroatoms. The van der Waals surface area contributed by atoms with Gasteiger partial charge in [-0.25, -0.2) is 0 Å². The summed E-state index contributed by atoms with van der Waals surface area (Å²) in [5, 5.41) is 2.78. The molecular weight excluding hydrogens is 230 g/mol. The fourth-order valence-corrected chi connectivity index (χ4v) is 1.55. The number of hydrogen-bond donors (Lipinski definition) is 2. The summed E-state index contributed by atoms with van der Waals surface area (Å²) in [5.74, 6) is 0.618. The molecule has 2 heterocycles. The highest BCUT2D eigenvalue weighted by Crippen LogP contribution is 2.08. The summed E-state index contributed by atoms with van der Waals surface area (Å²) in [6, 6.07) is 5.22. The Morgan fingerprint density at radius 2 is 2.28 bits per heavy atom. The van der Waals surface area contributed by atoms with Gasteiger partial charge < -0.3 is 15.5 Å². The van der Waals surface area contributed by atoms with Crippen molar-refractivity contribution in [2.24, 2.45) is 5.73 Å². The molecule has 0 aliphatic heterocycles. The number of rotatable bonds is 4. The van der Waals surface area contributed by atoms with E-state index >= 15 is 0 Å². The van der Waals surface area contributed by atoms with Crippen LogP contribution in [0.3, 0.4) is 0 Å². The summed E-state index contributed by atoms with van der Waals surface area (Å²) in [5.41, 5.74) is 7.49. The molecule has 3 N–H and O–H groups in total. The van der Waals surface area contributed by atoms with Gasteiger partial charge in [-0.05, 0) is 36.2 Å². The Bertz CT molecular complexity index is 549. The van der Waals surface area contributed by atoms with Crippen molar-refractivity contribution >= 4 is 5.91 Å². The molecular formula is C13H15N3O2. The van der Waals surface area contributed by atoms with Crippen molar-refractivity contribution < 1.29 is 9.21 Å². The van der Waals surface area contributed by atoms with E-state index in [9.17, 15) is 4.79 Å². The summed E-state index contributed by atoms with van der Waals surface area (Å²) < 4.78 is 5.26. The second-order valence-corrected chi connectivity index (χ2v) is 3.95. The number of furan rings is 1. The highest BCUT2D eigenvalue weighted by Gasteiger charge is 2.10. The van der Waals surface area contributed by atoms with Crippen LogP contribution in [0.2, 0.25) is 0 Å². The molecule has 0 aliphatic rings. The number of aryl methyl sites for hydroxylation is 1. The zero-order valence-corrected chi connectivity index (χ0v) is 10.1. The maximum absolute atomic E-state index is 11.8. The second-order valence-electron chi connectivity index (χ2n) is 3.95. The van der Waals surface area contributed by atoms with Crippen molar-refractivity contribution in [1.82, 2.24) is 10.3 Å². The van der Waals surface area contributed by atoms with Crippen LogP contribution in [0.4, 0.5) is 0 Å². The lowest BCUT2D eigenvalue weighted by molar-refractivity contribution is 0.0921. The van der Waals surface area contributed by atoms with Gasteiger partial charge >= 0.3 is 0 Å². The first-order valence-electron chi connectivity index (χ1n) is 5.67. The Balaban J connectivity index is 1.98. The molecule has 0 aromatic carbocycles. The molecule has 0 atom stereocenters. The van der Waals surface area contributed by atoms with Crippen molar-refractivity contribution in [2.45, 2.75) is 20.0 Å². The maximum atomic E-state index is 11.8. The third-order valence-corrected chi connectivity index (χ3v) is 2.67. The molecule has 2 aromatic rings. The fourth-order valence-electron chi connectivity index (χ4n) is 1.55. The Morgan fingerprint density at radius 1 is 1.44 bits per heavy atom. The van der Waals surface area contributed by atoms with Crippen molar-refractivity contribution in [3.63, 3.8) is 0 Å². The standard InChI is InChI=1S/C13H15N3O2/c1-9-4-5-15-7-10(9)8-16-13(17)12-3-2-11(6-14)18-12/h2-5,7H,6,8,14H2,1H3,(H,16,17). The molecule has 0 fully saturated rings. The first-order valence-corrected chi connectivity index (χ1v) is 5.67. The van der Waals surface area contributed by atoms with Crippen LogP contribution in [0.1, 0.15) is 27.4 Å². The summed E-state index contributed by atoms with van der Waals surface area (Å²) >= 11 is 0. The van der Waals surface area contributed by atoms with Crippen LogP contribution in [-0.2, 0) is 13.1 Å². The van der Waals surface area contributed by atoms with Gasteiger partial charge in [0.15, 0.2) is 5.76 Å². The predicted molar refractivity (Wildman–Crippen MR) is 66.7 cm³/mol. The lowest BCUT2D eigenvalue weighted by atomic mass is 10.1. The molecule has 5 nitrogen and oxygen atoms in total. The minimum Gasteiger partial charge on any atom is -0.455 e. The largest absolute Gasteiger partial charge is 0.455 e. The van der Waals surface area contributed by atoms with Crippen LogP contribution in [-0.4, -0.2) is 10.9 Å². The molecule has 0 unspecified atom stereocenters. The van der Waals surface area contributed by atoms with Crippen LogP contribution in [0.5, 0.6) is 0 Å². The maximum Gasteiger partial charge on any atom is 0.287 e. The van der Waals surface area contributed by atoms with Gasteiger partial charge in [0.05, 0.1) is 6.54 Å². The molecule has 0 radical (unpaired) electrons. The minimum absolute atomic E-state index is 0.252. The van der Waals surface area contributed by atoms with Gasteiger partial charge in [-0.3, -0.25) is 9.78 Å². The molecule has 0 bridgehead atoms. The van der Waals surface area contributed by atoms with E-state index in [1.54, 1.807) is 24.5 Å². The van der Waals surface area contributed by atoms with Crippen LogP contribution in [0.15, 0.2) is 35.0 Å². The highest BCUT2D eigenvalue weighted by molar-refractivity contribution is 5.91. The SMILES string of the molecule is Cc1ccncc1CNC(=O)c1ccc(CN)o1. The topological polar surface area (TPSA) is 81.2 Å². The average Bonchev–Trinajstić information content (AvgIpc) is 2.86. The van der Waals surface area contributed by atoms with E-state index in [0.29, 0.717) is 12.3 Å². The van der Waals surface area contributed by atoms with Gasteiger partial charge in [-0.1, -0.05) is 0 Å². The molecule has 18 heavy (non-hydrogen) atoms. The molecule has 2 aromatic heterocycles. The Morgan fingerprint density at radius 3 is 2.94 bits per heavy atom. The quantitative estimate of drug-likeness (QED) is 0.852. The molecule has 0 saturated carbocycles. The van der Waals surface area contributed by atoms with E-state index < -0.39 is 0 Å². The normalized spacial score (nSPS) is 10.3. The first-order chi connectivity index (χ1) is 8.70. The number of hydrogen-bond acceptors (Lipinski definition) is 4. The van der Waals surface area contributed by atoms with Crippen LogP contribution < -0.4 is 11.1 Å².